The van der Waals surface area contributed by atoms with Crippen molar-refractivity contribution in [2.24, 2.45) is 5.41 Å². The lowest BCUT2D eigenvalue weighted by Gasteiger charge is -2.23. The first-order valence-corrected chi connectivity index (χ1v) is 7.11. The normalized spacial score (nSPS) is 11.3. The van der Waals surface area contributed by atoms with Gasteiger partial charge in [0, 0.05) is 32.1 Å². The summed E-state index contributed by atoms with van der Waals surface area (Å²) in [6.07, 6.45) is 0.340. The Bertz CT molecular complexity index is 544. The van der Waals surface area contributed by atoms with Crippen LogP contribution in [-0.4, -0.2) is 29.9 Å². The van der Waals surface area contributed by atoms with Gasteiger partial charge < -0.3 is 10.4 Å². The van der Waals surface area contributed by atoms with E-state index in [-0.39, 0.29) is 36.3 Å². The second-order valence-electron chi connectivity index (χ2n) is 5.96. The third-order valence-corrected chi connectivity index (χ3v) is 3.36. The standard InChI is InChI=1S/C16H21F2NO3/c1-16(2,7-8-20)10-19-15(22)6-5-14(21)12-4-3-11(17)9-13(12)18/h3-4,9,20H,5-8,10H2,1-2H3,(H,19,22). The molecule has 22 heavy (non-hydrogen) atoms. The van der Waals surface area contributed by atoms with E-state index in [2.05, 4.69) is 5.32 Å². The summed E-state index contributed by atoms with van der Waals surface area (Å²) in [5, 5.41) is 11.6. The number of carbonyl (C=O) groups excluding carboxylic acids is 2. The Labute approximate surface area is 128 Å². The number of ketones is 1. The van der Waals surface area contributed by atoms with Crippen molar-refractivity contribution in [1.29, 1.82) is 0 Å². The Morgan fingerprint density at radius 3 is 2.50 bits per heavy atom. The number of aliphatic hydroxyl groups excluding tert-OH is 1. The lowest BCUT2D eigenvalue weighted by Crippen LogP contribution is -2.34. The molecule has 122 valence electrons. The number of carbonyl (C=O) groups is 2. The van der Waals surface area contributed by atoms with E-state index in [4.69, 9.17) is 5.11 Å². The molecule has 1 amide bonds. The molecule has 0 spiro atoms. The van der Waals surface area contributed by atoms with Crippen molar-refractivity contribution in [2.45, 2.75) is 33.1 Å². The summed E-state index contributed by atoms with van der Waals surface area (Å²) in [5.74, 6) is -2.53. The first-order chi connectivity index (χ1) is 10.2. The second kappa shape index (κ2) is 7.98. The van der Waals surface area contributed by atoms with E-state index >= 15 is 0 Å². The zero-order chi connectivity index (χ0) is 16.8. The summed E-state index contributed by atoms with van der Waals surface area (Å²) in [5.41, 5.74) is -0.452. The average Bonchev–Trinajstić information content (AvgIpc) is 2.42. The van der Waals surface area contributed by atoms with E-state index in [0.29, 0.717) is 19.0 Å². The van der Waals surface area contributed by atoms with Crippen molar-refractivity contribution in [3.8, 4) is 0 Å². The minimum absolute atomic E-state index is 0.0329. The largest absolute Gasteiger partial charge is 0.396 e. The van der Waals surface area contributed by atoms with Gasteiger partial charge in [0.25, 0.3) is 0 Å². The Balaban J connectivity index is 2.45. The van der Waals surface area contributed by atoms with Crippen LogP contribution in [0.2, 0.25) is 0 Å². The van der Waals surface area contributed by atoms with Gasteiger partial charge in [-0.2, -0.15) is 0 Å². The molecule has 0 saturated heterocycles. The molecule has 1 aromatic carbocycles. The van der Waals surface area contributed by atoms with Crippen molar-refractivity contribution >= 4 is 11.7 Å². The molecular formula is C16H21F2NO3. The summed E-state index contributed by atoms with van der Waals surface area (Å²) in [7, 11) is 0. The molecule has 1 rings (SSSR count). The zero-order valence-corrected chi connectivity index (χ0v) is 12.8. The predicted molar refractivity (Wildman–Crippen MR) is 78.4 cm³/mol. The second-order valence-corrected chi connectivity index (χ2v) is 5.96. The van der Waals surface area contributed by atoms with Gasteiger partial charge >= 0.3 is 0 Å². The molecule has 0 atom stereocenters. The Kier molecular flexibility index (Phi) is 6.61. The highest BCUT2D eigenvalue weighted by molar-refractivity contribution is 5.98. The van der Waals surface area contributed by atoms with Crippen LogP contribution in [0.4, 0.5) is 8.78 Å². The number of halogens is 2. The smallest absolute Gasteiger partial charge is 0.220 e. The molecule has 0 aliphatic heterocycles. The van der Waals surface area contributed by atoms with Gasteiger partial charge in [-0.3, -0.25) is 9.59 Å². The molecule has 0 aliphatic carbocycles. The fourth-order valence-corrected chi connectivity index (χ4v) is 1.89. The number of hydrogen-bond donors (Lipinski definition) is 2. The summed E-state index contributed by atoms with van der Waals surface area (Å²) in [6, 6.07) is 2.73. The average molecular weight is 313 g/mol. The molecule has 0 heterocycles. The molecular weight excluding hydrogens is 292 g/mol. The van der Waals surface area contributed by atoms with Crippen molar-refractivity contribution in [3.05, 3.63) is 35.4 Å². The molecule has 2 N–H and O–H groups in total. The van der Waals surface area contributed by atoms with Gasteiger partial charge in [0.2, 0.25) is 5.91 Å². The number of nitrogens with one attached hydrogen (secondary N) is 1. The van der Waals surface area contributed by atoms with Gasteiger partial charge in [-0.25, -0.2) is 8.78 Å². The first-order valence-electron chi connectivity index (χ1n) is 7.11. The van der Waals surface area contributed by atoms with Gasteiger partial charge in [-0.15, -0.1) is 0 Å². The Morgan fingerprint density at radius 2 is 1.91 bits per heavy atom. The third-order valence-electron chi connectivity index (χ3n) is 3.36. The van der Waals surface area contributed by atoms with Crippen LogP contribution >= 0.6 is 0 Å². The van der Waals surface area contributed by atoms with Crippen LogP contribution in [0.3, 0.4) is 0 Å². The van der Waals surface area contributed by atoms with Crippen molar-refractivity contribution in [1.82, 2.24) is 5.32 Å². The van der Waals surface area contributed by atoms with Crippen molar-refractivity contribution < 1.29 is 23.5 Å². The van der Waals surface area contributed by atoms with E-state index in [9.17, 15) is 18.4 Å². The van der Waals surface area contributed by atoms with Crippen LogP contribution < -0.4 is 5.32 Å². The van der Waals surface area contributed by atoms with Gasteiger partial charge in [-0.1, -0.05) is 13.8 Å². The number of aliphatic hydroxyl groups is 1. The maximum Gasteiger partial charge on any atom is 0.220 e. The molecule has 1 aromatic rings. The van der Waals surface area contributed by atoms with Gasteiger partial charge in [-0.05, 0) is 24.0 Å². The molecule has 0 fully saturated rings. The molecule has 0 aromatic heterocycles. The van der Waals surface area contributed by atoms with Gasteiger partial charge in [0.15, 0.2) is 5.78 Å². The van der Waals surface area contributed by atoms with Crippen molar-refractivity contribution in [2.75, 3.05) is 13.2 Å². The third kappa shape index (κ3) is 5.89. The molecule has 0 saturated carbocycles. The fourth-order valence-electron chi connectivity index (χ4n) is 1.89. The quantitative estimate of drug-likeness (QED) is 0.725. The topological polar surface area (TPSA) is 66.4 Å². The highest BCUT2D eigenvalue weighted by Crippen LogP contribution is 2.18. The highest BCUT2D eigenvalue weighted by atomic mass is 19.1. The zero-order valence-electron chi connectivity index (χ0n) is 12.8. The summed E-state index contributed by atoms with van der Waals surface area (Å²) >= 11 is 0. The maximum absolute atomic E-state index is 13.4. The van der Waals surface area contributed by atoms with E-state index < -0.39 is 17.4 Å². The predicted octanol–water partition coefficient (Wildman–Crippen LogP) is 2.45. The van der Waals surface area contributed by atoms with Crippen LogP contribution in [-0.2, 0) is 4.79 Å². The summed E-state index contributed by atoms with van der Waals surface area (Å²) < 4.78 is 26.2. The molecule has 0 aliphatic rings. The summed E-state index contributed by atoms with van der Waals surface area (Å²) in [6.45, 7) is 4.22. The molecule has 0 unspecified atom stereocenters. The molecule has 0 radical (unpaired) electrons. The minimum Gasteiger partial charge on any atom is -0.396 e. The number of Topliss-reactive ketones (excluding diaryl/α,β-unsaturated/α-hetero) is 1. The van der Waals surface area contributed by atoms with Crippen LogP contribution in [0.15, 0.2) is 18.2 Å². The van der Waals surface area contributed by atoms with Crippen molar-refractivity contribution in [3.63, 3.8) is 0 Å². The number of benzene rings is 1. The van der Waals surface area contributed by atoms with Gasteiger partial charge in [0.05, 0.1) is 5.56 Å². The van der Waals surface area contributed by atoms with E-state index in [1.165, 1.54) is 0 Å². The van der Waals surface area contributed by atoms with E-state index in [1.54, 1.807) is 0 Å². The monoisotopic (exact) mass is 313 g/mol. The van der Waals surface area contributed by atoms with Gasteiger partial charge in [0.1, 0.15) is 11.6 Å². The maximum atomic E-state index is 13.4. The summed E-state index contributed by atoms with van der Waals surface area (Å²) in [4.78, 5) is 23.5. The Hall–Kier alpha value is -1.82. The molecule has 6 heteroatoms. The Morgan fingerprint density at radius 1 is 1.23 bits per heavy atom. The van der Waals surface area contributed by atoms with E-state index in [0.717, 1.165) is 12.1 Å². The van der Waals surface area contributed by atoms with E-state index in [1.807, 2.05) is 13.8 Å². The molecule has 0 bridgehead atoms. The SMILES string of the molecule is CC(C)(CCO)CNC(=O)CCC(=O)c1ccc(F)cc1F. The highest BCUT2D eigenvalue weighted by Gasteiger charge is 2.19. The van der Waals surface area contributed by atoms with Crippen LogP contribution in [0.5, 0.6) is 0 Å². The van der Waals surface area contributed by atoms with Crippen LogP contribution in [0.1, 0.15) is 43.5 Å². The lowest BCUT2D eigenvalue weighted by molar-refractivity contribution is -0.121. The van der Waals surface area contributed by atoms with Crippen LogP contribution in [0.25, 0.3) is 0 Å². The number of hydrogen-bond acceptors (Lipinski definition) is 3. The molecule has 4 nitrogen and oxygen atoms in total. The fraction of sp³-hybridized carbons (Fsp3) is 0.500. The first kappa shape index (κ1) is 18.2. The lowest BCUT2D eigenvalue weighted by atomic mass is 9.90. The number of amides is 1. The van der Waals surface area contributed by atoms with Crippen LogP contribution in [0, 0.1) is 17.0 Å². The number of rotatable bonds is 8. The minimum atomic E-state index is -0.922.